The third-order valence-electron chi connectivity index (χ3n) is 3.00. The second-order valence-electron chi connectivity index (χ2n) is 5.71. The fourth-order valence-electron chi connectivity index (χ4n) is 1.88. The van der Waals surface area contributed by atoms with Crippen LogP contribution in [0.2, 0.25) is 0 Å². The minimum absolute atomic E-state index is 0.0256. The molecule has 0 saturated carbocycles. The van der Waals surface area contributed by atoms with Gasteiger partial charge in [0.15, 0.2) is 0 Å². The summed E-state index contributed by atoms with van der Waals surface area (Å²) in [6.07, 6.45) is 1.97. The third-order valence-corrected chi connectivity index (χ3v) is 3.00. The average molecular weight is 259 g/mol. The van der Waals surface area contributed by atoms with E-state index in [2.05, 4.69) is 25.9 Å². The van der Waals surface area contributed by atoms with Crippen LogP contribution < -0.4 is 15.5 Å². The van der Waals surface area contributed by atoms with E-state index in [0.717, 1.165) is 22.8 Å². The van der Waals surface area contributed by atoms with Crippen LogP contribution in [0.3, 0.4) is 0 Å². The zero-order valence-corrected chi connectivity index (χ0v) is 12.0. The van der Waals surface area contributed by atoms with Gasteiger partial charge >= 0.3 is 0 Å². The van der Waals surface area contributed by atoms with E-state index in [1.807, 2.05) is 35.4 Å². The second-order valence-corrected chi connectivity index (χ2v) is 5.71. The summed E-state index contributed by atoms with van der Waals surface area (Å²) in [5, 5.41) is 6.60. The summed E-state index contributed by atoms with van der Waals surface area (Å²) in [6, 6.07) is 7.84. The van der Waals surface area contributed by atoms with Crippen molar-refractivity contribution >= 4 is 11.4 Å². The lowest BCUT2D eigenvalue weighted by Crippen LogP contribution is -2.33. The number of hydrogen-bond acceptors (Lipinski definition) is 4. The summed E-state index contributed by atoms with van der Waals surface area (Å²) in [4.78, 5) is 0. The molecule has 0 bridgehead atoms. The molecule has 4 heteroatoms. The first kappa shape index (κ1) is 13.5. The molecule has 0 amide bonds. The Balaban J connectivity index is 2.35. The van der Waals surface area contributed by atoms with Crippen LogP contribution in [0.15, 0.2) is 41.1 Å². The lowest BCUT2D eigenvalue weighted by Gasteiger charge is -2.29. The van der Waals surface area contributed by atoms with Crippen molar-refractivity contribution in [3.63, 3.8) is 0 Å². The maximum absolute atomic E-state index is 6.03. The molecule has 0 fully saturated rings. The Kier molecular flexibility index (Phi) is 3.51. The maximum Gasteiger partial charge on any atom is 0.120 e. The zero-order chi connectivity index (χ0) is 14.0. The molecular weight excluding hydrogens is 238 g/mol. The molecule has 0 aliphatic carbocycles. The van der Waals surface area contributed by atoms with Crippen molar-refractivity contribution in [1.82, 2.24) is 0 Å². The number of ether oxygens (including phenoxy) is 1. The Hall–Kier alpha value is -1.97. The number of hydrogen-bond donors (Lipinski definition) is 1. The van der Waals surface area contributed by atoms with Crippen LogP contribution in [0.4, 0.5) is 5.69 Å². The molecule has 0 atom stereocenters. The maximum atomic E-state index is 6.03. The van der Waals surface area contributed by atoms with Gasteiger partial charge in [-0.25, -0.2) is 0 Å². The molecule has 1 aliphatic rings. The first-order chi connectivity index (χ1) is 8.90. The third kappa shape index (κ3) is 3.08. The van der Waals surface area contributed by atoms with Crippen LogP contribution in [0.5, 0.6) is 5.75 Å². The number of benzene rings is 1. The average Bonchev–Trinajstić information content (AvgIpc) is 2.37. The SMILES string of the molecule is COc1cccc(N2CC(N)=CC(C(C)(C)C)=N2)c1. The number of anilines is 1. The van der Waals surface area contributed by atoms with Gasteiger partial charge in [-0.15, -0.1) is 0 Å². The van der Waals surface area contributed by atoms with Crippen molar-refractivity contribution in [2.24, 2.45) is 16.3 Å². The van der Waals surface area contributed by atoms with E-state index in [0.29, 0.717) is 6.54 Å². The van der Waals surface area contributed by atoms with Crippen LogP contribution in [-0.2, 0) is 0 Å². The van der Waals surface area contributed by atoms with Gasteiger partial charge in [-0.3, -0.25) is 5.01 Å². The smallest absolute Gasteiger partial charge is 0.120 e. The standard InChI is InChI=1S/C15H21N3O/c1-15(2,3)14-8-11(16)10-18(17-14)12-6-5-7-13(9-12)19-4/h5-9H,10,16H2,1-4H3. The summed E-state index contributed by atoms with van der Waals surface area (Å²) in [6.45, 7) is 6.99. The summed E-state index contributed by atoms with van der Waals surface area (Å²) in [5.41, 5.74) is 8.79. The molecule has 0 spiro atoms. The van der Waals surface area contributed by atoms with Crippen LogP contribution in [0.25, 0.3) is 0 Å². The highest BCUT2D eigenvalue weighted by atomic mass is 16.5. The molecule has 1 aliphatic heterocycles. The highest BCUT2D eigenvalue weighted by molar-refractivity contribution is 6.00. The number of allylic oxidation sites excluding steroid dienone is 1. The highest BCUT2D eigenvalue weighted by Crippen LogP contribution is 2.26. The van der Waals surface area contributed by atoms with Gasteiger partial charge in [0.1, 0.15) is 5.75 Å². The largest absolute Gasteiger partial charge is 0.497 e. The summed E-state index contributed by atoms with van der Waals surface area (Å²) < 4.78 is 5.25. The fourth-order valence-corrected chi connectivity index (χ4v) is 1.88. The van der Waals surface area contributed by atoms with Gasteiger partial charge in [0, 0.05) is 17.2 Å². The molecule has 2 N–H and O–H groups in total. The molecular formula is C15H21N3O. The summed E-state index contributed by atoms with van der Waals surface area (Å²) in [5.74, 6) is 0.818. The van der Waals surface area contributed by atoms with E-state index < -0.39 is 0 Å². The first-order valence-corrected chi connectivity index (χ1v) is 6.37. The Morgan fingerprint density at radius 1 is 1.32 bits per heavy atom. The molecule has 0 radical (unpaired) electrons. The van der Waals surface area contributed by atoms with Crippen LogP contribution in [-0.4, -0.2) is 19.4 Å². The Bertz CT molecular complexity index is 526. The van der Waals surface area contributed by atoms with E-state index in [-0.39, 0.29) is 5.41 Å². The van der Waals surface area contributed by atoms with Crippen molar-refractivity contribution in [3.05, 3.63) is 36.0 Å². The molecule has 0 aromatic heterocycles. The molecule has 4 nitrogen and oxygen atoms in total. The molecule has 1 heterocycles. The van der Waals surface area contributed by atoms with E-state index in [4.69, 9.17) is 10.5 Å². The van der Waals surface area contributed by atoms with Crippen molar-refractivity contribution < 1.29 is 4.74 Å². The monoisotopic (exact) mass is 259 g/mol. The van der Waals surface area contributed by atoms with Crippen molar-refractivity contribution in [3.8, 4) is 5.75 Å². The predicted molar refractivity (Wildman–Crippen MR) is 79.5 cm³/mol. The molecule has 19 heavy (non-hydrogen) atoms. The van der Waals surface area contributed by atoms with Gasteiger partial charge in [-0.1, -0.05) is 26.8 Å². The quantitative estimate of drug-likeness (QED) is 0.888. The van der Waals surface area contributed by atoms with E-state index in [9.17, 15) is 0 Å². The second kappa shape index (κ2) is 4.96. The lowest BCUT2D eigenvalue weighted by atomic mass is 9.89. The molecule has 0 saturated heterocycles. The molecule has 1 aromatic rings. The zero-order valence-electron chi connectivity index (χ0n) is 12.0. The number of nitrogens with zero attached hydrogens (tertiary/aromatic N) is 2. The number of rotatable bonds is 2. The molecule has 2 rings (SSSR count). The summed E-state index contributed by atoms with van der Waals surface area (Å²) in [7, 11) is 1.66. The Labute approximate surface area is 114 Å². The van der Waals surface area contributed by atoms with E-state index in [1.165, 1.54) is 0 Å². The van der Waals surface area contributed by atoms with Gasteiger partial charge < -0.3 is 10.5 Å². The van der Waals surface area contributed by atoms with Gasteiger partial charge in [-0.05, 0) is 18.2 Å². The minimum atomic E-state index is -0.0256. The number of nitrogens with two attached hydrogens (primary N) is 1. The van der Waals surface area contributed by atoms with E-state index in [1.54, 1.807) is 7.11 Å². The van der Waals surface area contributed by atoms with Crippen LogP contribution >= 0.6 is 0 Å². The predicted octanol–water partition coefficient (Wildman–Crippen LogP) is 2.76. The van der Waals surface area contributed by atoms with Gasteiger partial charge in [0.25, 0.3) is 0 Å². The Morgan fingerprint density at radius 2 is 2.05 bits per heavy atom. The van der Waals surface area contributed by atoms with Crippen molar-refractivity contribution in [2.45, 2.75) is 20.8 Å². The van der Waals surface area contributed by atoms with Crippen LogP contribution in [0.1, 0.15) is 20.8 Å². The van der Waals surface area contributed by atoms with Gasteiger partial charge in [0.2, 0.25) is 0 Å². The van der Waals surface area contributed by atoms with E-state index >= 15 is 0 Å². The lowest BCUT2D eigenvalue weighted by molar-refractivity contribution is 0.415. The Morgan fingerprint density at radius 3 is 2.68 bits per heavy atom. The normalized spacial score (nSPS) is 15.9. The highest BCUT2D eigenvalue weighted by Gasteiger charge is 2.23. The minimum Gasteiger partial charge on any atom is -0.497 e. The fraction of sp³-hybridized carbons (Fsp3) is 0.400. The summed E-state index contributed by atoms with van der Waals surface area (Å²) >= 11 is 0. The topological polar surface area (TPSA) is 50.9 Å². The first-order valence-electron chi connectivity index (χ1n) is 6.37. The molecule has 102 valence electrons. The van der Waals surface area contributed by atoms with Gasteiger partial charge in [0.05, 0.1) is 25.1 Å². The van der Waals surface area contributed by atoms with Crippen molar-refractivity contribution in [2.75, 3.05) is 18.7 Å². The molecule has 1 aromatic carbocycles. The van der Waals surface area contributed by atoms with Crippen LogP contribution in [0, 0.1) is 5.41 Å². The van der Waals surface area contributed by atoms with Gasteiger partial charge in [-0.2, -0.15) is 5.10 Å². The molecule has 0 unspecified atom stereocenters. The number of methoxy groups -OCH3 is 1. The van der Waals surface area contributed by atoms with Crippen molar-refractivity contribution in [1.29, 1.82) is 0 Å². The number of hydrazone groups is 1.